The Morgan fingerprint density at radius 1 is 1.42 bits per heavy atom. The summed E-state index contributed by atoms with van der Waals surface area (Å²) < 4.78 is 0. The second kappa shape index (κ2) is 5.59. The SMILES string of the molecule is Cl.N[C@@H]1CCCN(C(=O)c2n[nH]c3ccccc23)C1. The van der Waals surface area contributed by atoms with Crippen molar-refractivity contribution in [1.29, 1.82) is 0 Å². The number of aromatic amines is 1. The smallest absolute Gasteiger partial charge is 0.275 e. The minimum Gasteiger partial charge on any atom is -0.336 e. The molecule has 0 spiro atoms. The number of fused-ring (bicyclic) bond motifs is 1. The maximum absolute atomic E-state index is 12.4. The third-order valence-electron chi connectivity index (χ3n) is 3.42. The van der Waals surface area contributed by atoms with Crippen LogP contribution in [-0.4, -0.2) is 40.1 Å². The van der Waals surface area contributed by atoms with E-state index in [-0.39, 0.29) is 24.4 Å². The minimum absolute atomic E-state index is 0. The maximum Gasteiger partial charge on any atom is 0.275 e. The van der Waals surface area contributed by atoms with Gasteiger partial charge in [-0.1, -0.05) is 18.2 Å². The molecule has 3 rings (SSSR count). The van der Waals surface area contributed by atoms with Crippen molar-refractivity contribution in [2.45, 2.75) is 18.9 Å². The van der Waals surface area contributed by atoms with Crippen molar-refractivity contribution in [1.82, 2.24) is 15.1 Å². The van der Waals surface area contributed by atoms with E-state index in [9.17, 15) is 4.79 Å². The molecule has 0 radical (unpaired) electrons. The van der Waals surface area contributed by atoms with Gasteiger partial charge in [-0.2, -0.15) is 5.10 Å². The zero-order valence-electron chi connectivity index (χ0n) is 10.5. The lowest BCUT2D eigenvalue weighted by Crippen LogP contribution is -2.45. The molecule has 1 atom stereocenters. The Bertz CT molecular complexity index is 583. The van der Waals surface area contributed by atoms with Crippen LogP contribution in [0.4, 0.5) is 0 Å². The van der Waals surface area contributed by atoms with Crippen LogP contribution in [-0.2, 0) is 0 Å². The van der Waals surface area contributed by atoms with Crippen LogP contribution < -0.4 is 5.73 Å². The molecule has 2 aromatic rings. The van der Waals surface area contributed by atoms with E-state index in [1.807, 2.05) is 24.3 Å². The zero-order chi connectivity index (χ0) is 12.5. The summed E-state index contributed by atoms with van der Waals surface area (Å²) >= 11 is 0. The fourth-order valence-electron chi connectivity index (χ4n) is 2.47. The van der Waals surface area contributed by atoms with Crippen molar-refractivity contribution < 1.29 is 4.79 Å². The molecular formula is C13H17ClN4O. The highest BCUT2D eigenvalue weighted by atomic mass is 35.5. The molecule has 0 unspecified atom stereocenters. The summed E-state index contributed by atoms with van der Waals surface area (Å²) in [5.74, 6) is -0.0254. The number of hydrogen-bond donors (Lipinski definition) is 2. The summed E-state index contributed by atoms with van der Waals surface area (Å²) in [6.07, 6.45) is 1.96. The van der Waals surface area contributed by atoms with E-state index in [4.69, 9.17) is 5.73 Å². The summed E-state index contributed by atoms with van der Waals surface area (Å²) in [6, 6.07) is 7.76. The molecule has 1 aromatic heterocycles. The maximum atomic E-state index is 12.4. The molecule has 1 aliphatic heterocycles. The van der Waals surface area contributed by atoms with Gasteiger partial charge >= 0.3 is 0 Å². The number of hydrogen-bond acceptors (Lipinski definition) is 3. The monoisotopic (exact) mass is 280 g/mol. The van der Waals surface area contributed by atoms with Crippen molar-refractivity contribution in [3.05, 3.63) is 30.0 Å². The van der Waals surface area contributed by atoms with E-state index >= 15 is 0 Å². The number of piperidine rings is 1. The fraction of sp³-hybridized carbons (Fsp3) is 0.385. The van der Waals surface area contributed by atoms with E-state index in [1.54, 1.807) is 4.90 Å². The molecule has 0 bridgehead atoms. The van der Waals surface area contributed by atoms with E-state index in [2.05, 4.69) is 10.2 Å². The first-order valence-corrected chi connectivity index (χ1v) is 6.23. The van der Waals surface area contributed by atoms with Crippen LogP contribution in [0.2, 0.25) is 0 Å². The van der Waals surface area contributed by atoms with E-state index in [0.717, 1.165) is 30.3 Å². The molecule has 6 heteroatoms. The van der Waals surface area contributed by atoms with Crippen LogP contribution >= 0.6 is 12.4 Å². The van der Waals surface area contributed by atoms with Crippen molar-refractivity contribution in [2.24, 2.45) is 5.73 Å². The number of carbonyl (C=O) groups excluding carboxylic acids is 1. The molecule has 1 fully saturated rings. The molecule has 1 saturated heterocycles. The highest BCUT2D eigenvalue weighted by Gasteiger charge is 2.25. The highest BCUT2D eigenvalue weighted by Crippen LogP contribution is 2.18. The van der Waals surface area contributed by atoms with Gasteiger partial charge in [-0.15, -0.1) is 12.4 Å². The van der Waals surface area contributed by atoms with Crippen LogP contribution in [0.1, 0.15) is 23.3 Å². The Morgan fingerprint density at radius 2 is 2.21 bits per heavy atom. The van der Waals surface area contributed by atoms with Gasteiger partial charge in [0.25, 0.3) is 5.91 Å². The van der Waals surface area contributed by atoms with Crippen LogP contribution in [0.3, 0.4) is 0 Å². The average Bonchev–Trinajstić information content (AvgIpc) is 2.82. The Labute approximate surface area is 117 Å². The summed E-state index contributed by atoms with van der Waals surface area (Å²) in [7, 11) is 0. The standard InChI is InChI=1S/C13H16N4O.ClH/c14-9-4-3-7-17(8-9)13(18)12-10-5-1-2-6-11(10)15-16-12;/h1-2,5-6,9H,3-4,7-8,14H2,(H,15,16);1H/t9-;/m1./s1. The second-order valence-corrected chi connectivity index (χ2v) is 4.77. The van der Waals surface area contributed by atoms with Crippen molar-refractivity contribution in [3.63, 3.8) is 0 Å². The Kier molecular flexibility index (Phi) is 4.07. The molecular weight excluding hydrogens is 264 g/mol. The second-order valence-electron chi connectivity index (χ2n) is 4.77. The number of rotatable bonds is 1. The quantitative estimate of drug-likeness (QED) is 0.832. The zero-order valence-corrected chi connectivity index (χ0v) is 11.3. The number of halogens is 1. The highest BCUT2D eigenvalue weighted by molar-refractivity contribution is 6.04. The molecule has 1 aromatic carbocycles. The molecule has 3 N–H and O–H groups in total. The number of H-pyrrole nitrogens is 1. The molecule has 2 heterocycles. The first-order chi connectivity index (χ1) is 8.75. The molecule has 5 nitrogen and oxygen atoms in total. The van der Waals surface area contributed by atoms with Crippen molar-refractivity contribution >= 4 is 29.2 Å². The molecule has 1 aliphatic rings. The van der Waals surface area contributed by atoms with Gasteiger partial charge in [0, 0.05) is 24.5 Å². The first kappa shape index (κ1) is 13.8. The number of benzene rings is 1. The number of nitrogens with zero attached hydrogens (tertiary/aromatic N) is 2. The predicted molar refractivity (Wildman–Crippen MR) is 76.5 cm³/mol. The normalized spacial score (nSPS) is 19.2. The van der Waals surface area contributed by atoms with Gasteiger partial charge in [0.2, 0.25) is 0 Å². The number of nitrogens with two attached hydrogens (primary N) is 1. The number of aromatic nitrogens is 2. The van der Waals surface area contributed by atoms with Crippen LogP contribution in [0.5, 0.6) is 0 Å². The van der Waals surface area contributed by atoms with Crippen LogP contribution in [0, 0.1) is 0 Å². The van der Waals surface area contributed by atoms with Gasteiger partial charge in [-0.3, -0.25) is 9.89 Å². The van der Waals surface area contributed by atoms with Gasteiger partial charge in [-0.25, -0.2) is 0 Å². The third-order valence-corrected chi connectivity index (χ3v) is 3.42. The van der Waals surface area contributed by atoms with Gasteiger partial charge in [0.15, 0.2) is 5.69 Å². The Hall–Kier alpha value is -1.59. The Morgan fingerprint density at radius 3 is 3.00 bits per heavy atom. The van der Waals surface area contributed by atoms with Crippen molar-refractivity contribution in [3.8, 4) is 0 Å². The lowest BCUT2D eigenvalue weighted by Gasteiger charge is -2.30. The average molecular weight is 281 g/mol. The summed E-state index contributed by atoms with van der Waals surface area (Å²) in [5, 5.41) is 7.91. The molecule has 102 valence electrons. The van der Waals surface area contributed by atoms with Gasteiger partial charge in [0.1, 0.15) is 0 Å². The molecule has 1 amide bonds. The number of para-hydroxylation sites is 1. The fourth-order valence-corrected chi connectivity index (χ4v) is 2.47. The van der Waals surface area contributed by atoms with E-state index < -0.39 is 0 Å². The molecule has 0 saturated carbocycles. The van der Waals surface area contributed by atoms with Crippen LogP contribution in [0.15, 0.2) is 24.3 Å². The van der Waals surface area contributed by atoms with Gasteiger partial charge in [-0.05, 0) is 18.9 Å². The van der Waals surface area contributed by atoms with E-state index in [0.29, 0.717) is 12.2 Å². The van der Waals surface area contributed by atoms with Crippen LogP contribution in [0.25, 0.3) is 10.9 Å². The minimum atomic E-state index is -0.0254. The van der Waals surface area contributed by atoms with E-state index in [1.165, 1.54) is 0 Å². The summed E-state index contributed by atoms with van der Waals surface area (Å²) in [6.45, 7) is 1.40. The number of amides is 1. The van der Waals surface area contributed by atoms with Crippen molar-refractivity contribution in [2.75, 3.05) is 13.1 Å². The number of likely N-dealkylation sites (tertiary alicyclic amines) is 1. The number of carbonyl (C=O) groups is 1. The lowest BCUT2D eigenvalue weighted by molar-refractivity contribution is 0.0705. The largest absolute Gasteiger partial charge is 0.336 e. The predicted octanol–water partition coefficient (Wildman–Crippen LogP) is 1.55. The molecule has 0 aliphatic carbocycles. The summed E-state index contributed by atoms with van der Waals surface area (Å²) in [4.78, 5) is 14.2. The summed E-state index contributed by atoms with van der Waals surface area (Å²) in [5.41, 5.74) is 7.30. The number of nitrogens with one attached hydrogen (secondary N) is 1. The first-order valence-electron chi connectivity index (χ1n) is 6.23. The molecule has 19 heavy (non-hydrogen) atoms. The third kappa shape index (κ3) is 2.57. The Balaban J connectivity index is 0.00000133. The lowest BCUT2D eigenvalue weighted by atomic mass is 10.1. The van der Waals surface area contributed by atoms with Gasteiger partial charge < -0.3 is 10.6 Å². The van der Waals surface area contributed by atoms with Gasteiger partial charge in [0.05, 0.1) is 5.52 Å². The topological polar surface area (TPSA) is 75.0 Å².